The molecule has 136 valence electrons. The Kier molecular flexibility index (Phi) is 4.44. The highest BCUT2D eigenvalue weighted by Crippen LogP contribution is 2.25. The largest absolute Gasteiger partial charge is 0.268 e. The molecule has 0 aliphatic heterocycles. The number of rotatable bonds is 4. The van der Waals surface area contributed by atoms with Gasteiger partial charge in [0.15, 0.2) is 5.16 Å². The second-order valence-electron chi connectivity index (χ2n) is 5.74. The molecule has 27 heavy (non-hydrogen) atoms. The van der Waals surface area contributed by atoms with Crippen molar-refractivity contribution in [2.75, 3.05) is 0 Å². The number of thioether (sulfide) groups is 1. The van der Waals surface area contributed by atoms with Crippen LogP contribution in [0.25, 0.3) is 16.6 Å². The van der Waals surface area contributed by atoms with Crippen LogP contribution < -0.4 is 5.56 Å². The monoisotopic (exact) mass is 385 g/mol. The highest BCUT2D eigenvalue weighted by atomic mass is 32.2. The van der Waals surface area contributed by atoms with E-state index < -0.39 is 17.2 Å². The standard InChI is InChI=1S/C18H13F2N5OS/c1-24-16(21-10-22-24)9-27-18-23-14-5-3-2-4-12(14)17(26)25(18)15-7-6-11(19)8-13(15)20/h2-8,10H,9H2,1H3. The van der Waals surface area contributed by atoms with E-state index in [-0.39, 0.29) is 10.8 Å². The van der Waals surface area contributed by atoms with Crippen LogP contribution in [0.2, 0.25) is 0 Å². The van der Waals surface area contributed by atoms with Crippen molar-refractivity contribution in [2.45, 2.75) is 10.9 Å². The Bertz CT molecular complexity index is 1200. The summed E-state index contributed by atoms with van der Waals surface area (Å²) in [5.74, 6) is -0.501. The van der Waals surface area contributed by atoms with Gasteiger partial charge in [-0.05, 0) is 24.3 Å². The molecule has 0 aliphatic rings. The van der Waals surface area contributed by atoms with Gasteiger partial charge in [-0.2, -0.15) is 5.10 Å². The molecule has 0 atom stereocenters. The average molecular weight is 385 g/mol. The molecule has 0 N–H and O–H groups in total. The van der Waals surface area contributed by atoms with Crippen LogP contribution in [0.5, 0.6) is 0 Å². The van der Waals surface area contributed by atoms with Crippen molar-refractivity contribution < 1.29 is 8.78 Å². The van der Waals surface area contributed by atoms with E-state index in [1.165, 1.54) is 24.2 Å². The molecule has 0 bridgehead atoms. The molecule has 0 unspecified atom stereocenters. The van der Waals surface area contributed by atoms with Gasteiger partial charge in [0.1, 0.15) is 23.8 Å². The Morgan fingerprint density at radius 2 is 1.96 bits per heavy atom. The summed E-state index contributed by atoms with van der Waals surface area (Å²) < 4.78 is 30.5. The number of aromatic nitrogens is 5. The third-order valence-corrected chi connectivity index (χ3v) is 4.97. The molecule has 0 saturated carbocycles. The zero-order valence-electron chi connectivity index (χ0n) is 14.1. The Hall–Kier alpha value is -3.07. The maximum atomic E-state index is 14.4. The van der Waals surface area contributed by atoms with Gasteiger partial charge in [0.2, 0.25) is 0 Å². The van der Waals surface area contributed by atoms with Crippen LogP contribution in [-0.2, 0) is 12.8 Å². The van der Waals surface area contributed by atoms with Crippen molar-refractivity contribution in [2.24, 2.45) is 7.05 Å². The lowest BCUT2D eigenvalue weighted by Gasteiger charge is -2.13. The zero-order chi connectivity index (χ0) is 19.0. The second kappa shape index (κ2) is 6.92. The minimum absolute atomic E-state index is 0.0554. The van der Waals surface area contributed by atoms with Crippen molar-refractivity contribution in [3.63, 3.8) is 0 Å². The van der Waals surface area contributed by atoms with Crippen molar-refractivity contribution in [1.29, 1.82) is 0 Å². The summed E-state index contributed by atoms with van der Waals surface area (Å²) in [6, 6.07) is 9.91. The minimum Gasteiger partial charge on any atom is -0.268 e. The summed E-state index contributed by atoms with van der Waals surface area (Å²) >= 11 is 1.22. The zero-order valence-corrected chi connectivity index (χ0v) is 15.0. The summed E-state index contributed by atoms with van der Waals surface area (Å²) in [6.07, 6.45) is 1.43. The van der Waals surface area contributed by atoms with Crippen molar-refractivity contribution in [3.8, 4) is 5.69 Å². The third kappa shape index (κ3) is 3.21. The molecule has 0 aliphatic carbocycles. The molecule has 2 heterocycles. The lowest BCUT2D eigenvalue weighted by Crippen LogP contribution is -2.22. The first-order chi connectivity index (χ1) is 13.0. The molecule has 6 nitrogen and oxygen atoms in total. The number of halogens is 2. The first kappa shape index (κ1) is 17.3. The topological polar surface area (TPSA) is 65.6 Å². The summed E-state index contributed by atoms with van der Waals surface area (Å²) in [7, 11) is 1.75. The minimum atomic E-state index is -0.838. The SMILES string of the molecule is Cn1ncnc1CSc1nc2ccccc2c(=O)n1-c1ccc(F)cc1F. The van der Waals surface area contributed by atoms with Gasteiger partial charge in [0, 0.05) is 13.1 Å². The van der Waals surface area contributed by atoms with Gasteiger partial charge >= 0.3 is 0 Å². The van der Waals surface area contributed by atoms with E-state index in [4.69, 9.17) is 0 Å². The van der Waals surface area contributed by atoms with Crippen molar-refractivity contribution >= 4 is 22.7 Å². The van der Waals surface area contributed by atoms with Crippen LogP contribution in [0.4, 0.5) is 8.78 Å². The van der Waals surface area contributed by atoms with E-state index >= 15 is 0 Å². The van der Waals surface area contributed by atoms with Gasteiger partial charge in [0.05, 0.1) is 22.3 Å². The summed E-state index contributed by atoms with van der Waals surface area (Å²) in [5.41, 5.74) is 0.0217. The molecule has 9 heteroatoms. The highest BCUT2D eigenvalue weighted by Gasteiger charge is 2.17. The lowest BCUT2D eigenvalue weighted by molar-refractivity contribution is 0.572. The summed E-state index contributed by atoms with van der Waals surface area (Å²) in [4.78, 5) is 21.7. The molecule has 4 aromatic rings. The van der Waals surface area contributed by atoms with Gasteiger partial charge in [-0.1, -0.05) is 23.9 Å². The van der Waals surface area contributed by atoms with Gasteiger partial charge in [0.25, 0.3) is 5.56 Å². The number of para-hydroxylation sites is 1. The van der Waals surface area contributed by atoms with E-state index in [2.05, 4.69) is 15.1 Å². The number of hydrogen-bond donors (Lipinski definition) is 0. The van der Waals surface area contributed by atoms with Crippen LogP contribution >= 0.6 is 11.8 Å². The Morgan fingerprint density at radius 1 is 1.15 bits per heavy atom. The number of hydrogen-bond acceptors (Lipinski definition) is 5. The lowest BCUT2D eigenvalue weighted by atomic mass is 10.2. The molecule has 0 fully saturated rings. The molecular formula is C18H13F2N5OS. The summed E-state index contributed by atoms with van der Waals surface area (Å²) in [6.45, 7) is 0. The smallest absolute Gasteiger partial charge is 0.266 e. The Labute approximate surface area is 156 Å². The molecular weight excluding hydrogens is 372 g/mol. The molecule has 2 aromatic heterocycles. The number of aryl methyl sites for hydroxylation is 1. The number of nitrogens with zero attached hydrogens (tertiary/aromatic N) is 5. The van der Waals surface area contributed by atoms with Crippen LogP contribution in [0.15, 0.2) is 58.7 Å². The van der Waals surface area contributed by atoms with Crippen LogP contribution in [0.3, 0.4) is 0 Å². The van der Waals surface area contributed by atoms with Crippen LogP contribution in [0.1, 0.15) is 5.82 Å². The molecule has 2 aromatic carbocycles. The Morgan fingerprint density at radius 3 is 2.70 bits per heavy atom. The molecule has 0 amide bonds. The maximum absolute atomic E-state index is 14.4. The van der Waals surface area contributed by atoms with Crippen LogP contribution in [-0.4, -0.2) is 24.3 Å². The quantitative estimate of drug-likeness (QED) is 0.399. The molecule has 4 rings (SSSR count). The fourth-order valence-corrected chi connectivity index (χ4v) is 3.66. The number of fused-ring (bicyclic) bond motifs is 1. The fourth-order valence-electron chi connectivity index (χ4n) is 2.66. The van der Waals surface area contributed by atoms with Gasteiger partial charge in [-0.3, -0.25) is 14.0 Å². The molecule has 0 saturated heterocycles. The third-order valence-electron chi connectivity index (χ3n) is 4.03. The summed E-state index contributed by atoms with van der Waals surface area (Å²) in [5, 5.41) is 4.64. The van der Waals surface area contributed by atoms with E-state index in [9.17, 15) is 13.6 Å². The van der Waals surface area contributed by atoms with E-state index in [1.54, 1.807) is 36.0 Å². The average Bonchev–Trinajstić information content (AvgIpc) is 3.06. The van der Waals surface area contributed by atoms with Crippen molar-refractivity contribution in [1.82, 2.24) is 24.3 Å². The van der Waals surface area contributed by atoms with Gasteiger partial charge in [-0.25, -0.2) is 18.7 Å². The first-order valence-electron chi connectivity index (χ1n) is 7.97. The molecule has 0 radical (unpaired) electrons. The van der Waals surface area contributed by atoms with Crippen molar-refractivity contribution in [3.05, 3.63) is 76.6 Å². The normalized spacial score (nSPS) is 11.2. The van der Waals surface area contributed by atoms with Gasteiger partial charge < -0.3 is 0 Å². The van der Waals surface area contributed by atoms with E-state index in [1.807, 2.05) is 0 Å². The van der Waals surface area contributed by atoms with Gasteiger partial charge in [-0.15, -0.1) is 0 Å². The Balaban J connectivity index is 1.90. The van der Waals surface area contributed by atoms with E-state index in [0.29, 0.717) is 22.5 Å². The maximum Gasteiger partial charge on any atom is 0.266 e. The van der Waals surface area contributed by atoms with E-state index in [0.717, 1.165) is 16.7 Å². The second-order valence-corrected chi connectivity index (χ2v) is 6.68. The highest BCUT2D eigenvalue weighted by molar-refractivity contribution is 7.98. The predicted molar refractivity (Wildman–Crippen MR) is 97.8 cm³/mol. The van der Waals surface area contributed by atoms with Crippen LogP contribution in [0, 0.1) is 11.6 Å². The first-order valence-corrected chi connectivity index (χ1v) is 8.96. The number of benzene rings is 2. The fraction of sp³-hybridized carbons (Fsp3) is 0.111. The predicted octanol–water partition coefficient (Wildman–Crippen LogP) is 3.08. The molecule has 0 spiro atoms.